The molecule has 0 amide bonds. The Morgan fingerprint density at radius 3 is 2.08 bits per heavy atom. The van der Waals surface area contributed by atoms with Gasteiger partial charge >= 0.3 is 0 Å². The average molecular weight is 534 g/mol. The lowest BCUT2D eigenvalue weighted by atomic mass is 9.73. The van der Waals surface area contributed by atoms with E-state index < -0.39 is 29.2 Å². The maximum Gasteiger partial charge on any atom is 0.165 e. The van der Waals surface area contributed by atoms with Crippen molar-refractivity contribution in [3.05, 3.63) is 105 Å². The quantitative estimate of drug-likeness (QED) is 0.219. The fraction of sp³-hybridized carbons (Fsp3) is 0.441. The van der Waals surface area contributed by atoms with Gasteiger partial charge in [-0.05, 0) is 122 Å². The van der Waals surface area contributed by atoms with E-state index in [0.717, 1.165) is 37.7 Å². The van der Waals surface area contributed by atoms with Crippen molar-refractivity contribution in [1.82, 2.24) is 0 Å². The topological polar surface area (TPSA) is 23.8 Å². The highest BCUT2D eigenvalue weighted by molar-refractivity contribution is 5.41. The van der Waals surface area contributed by atoms with Gasteiger partial charge < -0.3 is 0 Å². The second kappa shape index (κ2) is 11.9. The van der Waals surface area contributed by atoms with Crippen molar-refractivity contribution < 1.29 is 17.6 Å². The Hall–Kier alpha value is -3.13. The predicted octanol–water partition coefficient (Wildman–Crippen LogP) is 9.25. The van der Waals surface area contributed by atoms with Crippen molar-refractivity contribution in [2.24, 2.45) is 5.92 Å². The summed E-state index contributed by atoms with van der Waals surface area (Å²) in [6, 6.07) is 15.1. The first-order valence-corrected chi connectivity index (χ1v) is 14.3. The number of aryl methyl sites for hydroxylation is 2. The molecule has 5 heteroatoms. The number of nitrogens with zero attached hydrogens (tertiary/aromatic N) is 1. The first-order valence-electron chi connectivity index (χ1n) is 14.3. The van der Waals surface area contributed by atoms with Gasteiger partial charge in [0.1, 0.15) is 17.7 Å². The third kappa shape index (κ3) is 5.76. The van der Waals surface area contributed by atoms with Gasteiger partial charge in [0, 0.05) is 5.56 Å². The minimum Gasteiger partial charge on any atom is -0.206 e. The highest BCUT2D eigenvalue weighted by atomic mass is 19.2. The van der Waals surface area contributed by atoms with Crippen LogP contribution in [0, 0.1) is 40.5 Å². The molecule has 0 radical (unpaired) electrons. The van der Waals surface area contributed by atoms with Crippen LogP contribution in [-0.2, 0) is 25.7 Å². The molecule has 204 valence electrons. The van der Waals surface area contributed by atoms with Gasteiger partial charge in [-0.25, -0.2) is 17.6 Å². The van der Waals surface area contributed by atoms with Crippen LogP contribution in [0.1, 0.15) is 103 Å². The van der Waals surface area contributed by atoms with Gasteiger partial charge in [0.15, 0.2) is 11.6 Å². The number of hydrogen-bond donors (Lipinski definition) is 0. The van der Waals surface area contributed by atoms with Gasteiger partial charge in [-0.3, -0.25) is 0 Å². The third-order valence-electron chi connectivity index (χ3n) is 8.98. The molecule has 1 unspecified atom stereocenters. The Balaban J connectivity index is 1.26. The van der Waals surface area contributed by atoms with Crippen LogP contribution >= 0.6 is 0 Å². The number of rotatable bonds is 7. The second-order valence-corrected chi connectivity index (χ2v) is 11.4. The van der Waals surface area contributed by atoms with Gasteiger partial charge in [0.25, 0.3) is 0 Å². The summed E-state index contributed by atoms with van der Waals surface area (Å²) in [6.45, 7) is 2.16. The molecule has 39 heavy (non-hydrogen) atoms. The molecule has 0 aliphatic heterocycles. The summed E-state index contributed by atoms with van der Waals surface area (Å²) in [5.41, 5.74) is 3.86. The lowest BCUT2D eigenvalue weighted by molar-refractivity contribution is 0.354. The smallest absolute Gasteiger partial charge is 0.165 e. The summed E-state index contributed by atoms with van der Waals surface area (Å²) < 4.78 is 60.6. The molecule has 2 aliphatic rings. The van der Waals surface area contributed by atoms with Crippen LogP contribution in [0.2, 0.25) is 0 Å². The SMILES string of the molecule is CCCc1ccc(CCC2CCc3c(F)c(C4CCC(c5ccc(C#N)c(F)c5)CC4)c(F)c(F)c3C2)cc1. The van der Waals surface area contributed by atoms with Gasteiger partial charge in [-0.15, -0.1) is 0 Å². The number of hydrogen-bond acceptors (Lipinski definition) is 1. The third-order valence-corrected chi connectivity index (χ3v) is 8.98. The van der Waals surface area contributed by atoms with E-state index in [2.05, 4.69) is 31.2 Å². The number of fused-ring (bicyclic) bond motifs is 1. The molecule has 1 saturated carbocycles. The number of nitriles is 1. The minimum absolute atomic E-state index is 0.00409. The monoisotopic (exact) mass is 533 g/mol. The Morgan fingerprint density at radius 1 is 0.769 bits per heavy atom. The van der Waals surface area contributed by atoms with Gasteiger partial charge in [-0.2, -0.15) is 5.26 Å². The molecule has 3 aromatic carbocycles. The standard InChI is InChI=1S/C34H35F4N/c1-2-3-21-4-6-22(7-5-21)8-9-23-10-17-28-29(18-23)33(37)34(38)31(32(28)36)25-13-11-24(12-14-25)26-15-16-27(20-39)30(35)19-26/h4-7,15-16,19,23-25H,2-3,8-14,17-18H2,1H3. The average Bonchev–Trinajstić information content (AvgIpc) is 2.96. The van der Waals surface area contributed by atoms with Crippen molar-refractivity contribution in [2.75, 3.05) is 0 Å². The molecule has 0 saturated heterocycles. The molecule has 0 bridgehead atoms. The zero-order valence-corrected chi connectivity index (χ0v) is 22.5. The molecule has 1 atom stereocenters. The molecular formula is C34H35F4N. The maximum atomic E-state index is 15.7. The van der Waals surface area contributed by atoms with Gasteiger partial charge in [-0.1, -0.05) is 43.7 Å². The van der Waals surface area contributed by atoms with E-state index in [9.17, 15) is 4.39 Å². The normalized spacial score (nSPS) is 20.9. The van der Waals surface area contributed by atoms with Crippen LogP contribution in [-0.4, -0.2) is 0 Å². The molecule has 2 aliphatic carbocycles. The van der Waals surface area contributed by atoms with E-state index in [1.165, 1.54) is 23.3 Å². The van der Waals surface area contributed by atoms with Crippen LogP contribution in [0.3, 0.4) is 0 Å². The summed E-state index contributed by atoms with van der Waals surface area (Å²) in [7, 11) is 0. The number of halogens is 4. The van der Waals surface area contributed by atoms with Gasteiger partial charge in [0.2, 0.25) is 0 Å². The fourth-order valence-electron chi connectivity index (χ4n) is 6.72. The summed E-state index contributed by atoms with van der Waals surface area (Å²) in [6.07, 6.45) is 7.81. The summed E-state index contributed by atoms with van der Waals surface area (Å²) in [5, 5.41) is 8.96. The van der Waals surface area contributed by atoms with E-state index in [1.807, 2.05) is 6.07 Å². The van der Waals surface area contributed by atoms with Crippen molar-refractivity contribution in [2.45, 2.75) is 89.4 Å². The van der Waals surface area contributed by atoms with Crippen molar-refractivity contribution in [1.29, 1.82) is 5.26 Å². The Morgan fingerprint density at radius 2 is 1.44 bits per heavy atom. The molecule has 0 N–H and O–H groups in total. The largest absolute Gasteiger partial charge is 0.206 e. The lowest BCUT2D eigenvalue weighted by Crippen LogP contribution is -2.22. The predicted molar refractivity (Wildman–Crippen MR) is 146 cm³/mol. The van der Waals surface area contributed by atoms with E-state index in [0.29, 0.717) is 44.1 Å². The molecule has 3 aromatic rings. The molecular weight excluding hydrogens is 498 g/mol. The Labute approximate surface area is 228 Å². The first kappa shape index (κ1) is 27.4. The van der Waals surface area contributed by atoms with Gasteiger partial charge in [0.05, 0.1) is 5.56 Å². The van der Waals surface area contributed by atoms with E-state index in [-0.39, 0.29) is 28.5 Å². The van der Waals surface area contributed by atoms with Crippen LogP contribution in [0.5, 0.6) is 0 Å². The van der Waals surface area contributed by atoms with Crippen LogP contribution in [0.25, 0.3) is 0 Å². The molecule has 1 fully saturated rings. The lowest BCUT2D eigenvalue weighted by Gasteiger charge is -2.32. The zero-order chi connectivity index (χ0) is 27.5. The molecule has 0 spiro atoms. The zero-order valence-electron chi connectivity index (χ0n) is 22.5. The van der Waals surface area contributed by atoms with E-state index >= 15 is 13.2 Å². The van der Waals surface area contributed by atoms with Crippen molar-refractivity contribution in [3.63, 3.8) is 0 Å². The molecule has 0 aromatic heterocycles. The van der Waals surface area contributed by atoms with Crippen molar-refractivity contribution in [3.8, 4) is 6.07 Å². The fourth-order valence-corrected chi connectivity index (χ4v) is 6.72. The number of benzene rings is 3. The summed E-state index contributed by atoms with van der Waals surface area (Å²) in [4.78, 5) is 0. The van der Waals surface area contributed by atoms with E-state index in [1.54, 1.807) is 6.07 Å². The van der Waals surface area contributed by atoms with Crippen LogP contribution in [0.15, 0.2) is 42.5 Å². The minimum atomic E-state index is -1.02. The van der Waals surface area contributed by atoms with Crippen LogP contribution in [0.4, 0.5) is 17.6 Å². The molecule has 5 rings (SSSR count). The Bertz CT molecular complexity index is 1360. The summed E-state index contributed by atoms with van der Waals surface area (Å²) in [5.74, 6) is -3.12. The summed E-state index contributed by atoms with van der Waals surface area (Å²) >= 11 is 0. The van der Waals surface area contributed by atoms with Crippen LogP contribution < -0.4 is 0 Å². The second-order valence-electron chi connectivity index (χ2n) is 11.4. The highest BCUT2D eigenvalue weighted by Crippen LogP contribution is 2.45. The first-order chi connectivity index (χ1) is 18.9. The maximum absolute atomic E-state index is 15.7. The highest BCUT2D eigenvalue weighted by Gasteiger charge is 2.34. The Kier molecular flexibility index (Phi) is 8.40. The van der Waals surface area contributed by atoms with E-state index in [4.69, 9.17) is 5.26 Å². The molecule has 1 nitrogen and oxygen atoms in total. The molecule has 0 heterocycles. The van der Waals surface area contributed by atoms with Crippen molar-refractivity contribution >= 4 is 0 Å².